The predicted molar refractivity (Wildman–Crippen MR) is 91.0 cm³/mol. The van der Waals surface area contributed by atoms with Crippen LogP contribution >= 0.6 is 0 Å². The minimum absolute atomic E-state index is 0.295. The van der Waals surface area contributed by atoms with Crippen LogP contribution in [0.3, 0.4) is 0 Å². The van der Waals surface area contributed by atoms with Gasteiger partial charge in [-0.3, -0.25) is 4.90 Å². The van der Waals surface area contributed by atoms with Gasteiger partial charge < -0.3 is 14.6 Å². The molecule has 2 aromatic heterocycles. The standard InChI is InChI=1S/C17H24N6O2/c1-2-15(24-7-1)10-20-17-18-8-13(9-19-17)11-23-5-3-14(4-6-23)16-21-12-25-22-16/h8-9,12,14-15H,1-7,10-11H2,(H,18,19,20)/t15-/m1/s1. The second-order valence-corrected chi connectivity index (χ2v) is 6.77. The number of nitrogens with zero attached hydrogens (tertiary/aromatic N) is 5. The number of hydrogen-bond acceptors (Lipinski definition) is 8. The Morgan fingerprint density at radius 2 is 1.96 bits per heavy atom. The molecule has 8 nitrogen and oxygen atoms in total. The molecule has 1 N–H and O–H groups in total. The summed E-state index contributed by atoms with van der Waals surface area (Å²) < 4.78 is 10.4. The van der Waals surface area contributed by atoms with E-state index in [-0.39, 0.29) is 0 Å². The normalized spacial score (nSPS) is 22.3. The van der Waals surface area contributed by atoms with Crippen LogP contribution < -0.4 is 5.32 Å². The van der Waals surface area contributed by atoms with Gasteiger partial charge in [0.15, 0.2) is 5.82 Å². The van der Waals surface area contributed by atoms with Gasteiger partial charge in [-0.15, -0.1) is 0 Å². The molecule has 4 rings (SSSR count). The van der Waals surface area contributed by atoms with Crippen molar-refractivity contribution >= 4 is 5.95 Å². The maximum absolute atomic E-state index is 5.59. The van der Waals surface area contributed by atoms with Crippen molar-refractivity contribution in [2.75, 3.05) is 31.6 Å². The second-order valence-electron chi connectivity index (χ2n) is 6.77. The Morgan fingerprint density at radius 1 is 1.12 bits per heavy atom. The van der Waals surface area contributed by atoms with E-state index in [9.17, 15) is 0 Å². The topological polar surface area (TPSA) is 89.2 Å². The van der Waals surface area contributed by atoms with Gasteiger partial charge in [0, 0.05) is 43.6 Å². The molecule has 8 heteroatoms. The highest BCUT2D eigenvalue weighted by Crippen LogP contribution is 2.26. The summed E-state index contributed by atoms with van der Waals surface area (Å²) in [7, 11) is 0. The zero-order valence-corrected chi connectivity index (χ0v) is 14.3. The maximum atomic E-state index is 5.59. The lowest BCUT2D eigenvalue weighted by Crippen LogP contribution is -2.32. The summed E-state index contributed by atoms with van der Waals surface area (Å²) >= 11 is 0. The molecule has 0 bridgehead atoms. The van der Waals surface area contributed by atoms with E-state index in [1.807, 2.05) is 12.4 Å². The number of anilines is 1. The third kappa shape index (κ3) is 4.32. The summed E-state index contributed by atoms with van der Waals surface area (Å²) in [6, 6.07) is 0. The van der Waals surface area contributed by atoms with Crippen LogP contribution in [0.25, 0.3) is 0 Å². The Bertz CT molecular complexity index is 634. The van der Waals surface area contributed by atoms with E-state index in [1.54, 1.807) is 0 Å². The van der Waals surface area contributed by atoms with Crippen LogP contribution in [0.4, 0.5) is 5.95 Å². The third-order valence-corrected chi connectivity index (χ3v) is 4.95. The molecule has 0 spiro atoms. The molecule has 2 fully saturated rings. The van der Waals surface area contributed by atoms with Crippen molar-refractivity contribution in [3.8, 4) is 0 Å². The molecule has 134 valence electrons. The van der Waals surface area contributed by atoms with E-state index in [4.69, 9.17) is 9.26 Å². The molecule has 0 unspecified atom stereocenters. The first-order chi connectivity index (χ1) is 12.4. The minimum atomic E-state index is 0.295. The van der Waals surface area contributed by atoms with Gasteiger partial charge in [0.25, 0.3) is 0 Å². The van der Waals surface area contributed by atoms with E-state index < -0.39 is 0 Å². The van der Waals surface area contributed by atoms with Crippen LogP contribution in [0.1, 0.15) is 43.0 Å². The van der Waals surface area contributed by atoms with Gasteiger partial charge in [-0.25, -0.2) is 9.97 Å². The lowest BCUT2D eigenvalue weighted by molar-refractivity contribution is 0.120. The number of likely N-dealkylation sites (tertiary alicyclic amines) is 1. The lowest BCUT2D eigenvalue weighted by Gasteiger charge is -2.30. The number of rotatable bonds is 6. The van der Waals surface area contributed by atoms with Gasteiger partial charge in [0.1, 0.15) is 0 Å². The summed E-state index contributed by atoms with van der Waals surface area (Å²) in [5, 5.41) is 7.22. The van der Waals surface area contributed by atoms with E-state index in [0.717, 1.165) is 69.9 Å². The smallest absolute Gasteiger partial charge is 0.222 e. The van der Waals surface area contributed by atoms with E-state index in [2.05, 4.69) is 30.3 Å². The highest BCUT2D eigenvalue weighted by Gasteiger charge is 2.23. The van der Waals surface area contributed by atoms with Crippen molar-refractivity contribution in [2.24, 2.45) is 0 Å². The molecule has 1 atom stereocenters. The van der Waals surface area contributed by atoms with Gasteiger partial charge in [0.05, 0.1) is 6.10 Å². The van der Waals surface area contributed by atoms with Crippen LogP contribution in [-0.2, 0) is 11.3 Å². The summed E-state index contributed by atoms with van der Waals surface area (Å²) in [4.78, 5) is 15.4. The predicted octanol–water partition coefficient (Wildman–Crippen LogP) is 1.83. The average molecular weight is 344 g/mol. The van der Waals surface area contributed by atoms with Crippen LogP contribution in [0, 0.1) is 0 Å². The fraction of sp³-hybridized carbons (Fsp3) is 0.647. The van der Waals surface area contributed by atoms with Crippen LogP contribution in [0.2, 0.25) is 0 Å². The number of nitrogens with one attached hydrogen (secondary N) is 1. The molecule has 0 amide bonds. The van der Waals surface area contributed by atoms with Gasteiger partial charge in [-0.2, -0.15) is 4.98 Å². The molecular formula is C17H24N6O2. The quantitative estimate of drug-likeness (QED) is 0.849. The van der Waals surface area contributed by atoms with Crippen LogP contribution in [0.5, 0.6) is 0 Å². The first-order valence-corrected chi connectivity index (χ1v) is 9.02. The Kier molecular flexibility index (Phi) is 5.17. The second kappa shape index (κ2) is 7.88. The molecule has 0 aromatic carbocycles. The van der Waals surface area contributed by atoms with E-state index in [1.165, 1.54) is 6.39 Å². The minimum Gasteiger partial charge on any atom is -0.376 e. The summed E-state index contributed by atoms with van der Waals surface area (Å²) in [5.74, 6) is 1.93. The largest absolute Gasteiger partial charge is 0.376 e. The Hall–Kier alpha value is -2.06. The number of ether oxygens (including phenoxy) is 1. The SMILES string of the molecule is c1nc(C2CCN(Cc3cnc(NC[C@H]4CCCO4)nc3)CC2)no1. The Morgan fingerprint density at radius 3 is 2.64 bits per heavy atom. The molecule has 0 aliphatic carbocycles. The highest BCUT2D eigenvalue weighted by molar-refractivity contribution is 5.25. The van der Waals surface area contributed by atoms with Crippen molar-refractivity contribution < 1.29 is 9.26 Å². The molecule has 0 radical (unpaired) electrons. The van der Waals surface area contributed by atoms with E-state index in [0.29, 0.717) is 18.0 Å². The first kappa shape index (κ1) is 16.4. The number of piperidine rings is 1. The van der Waals surface area contributed by atoms with Crippen LogP contribution in [-0.4, -0.2) is 57.4 Å². The monoisotopic (exact) mass is 344 g/mol. The molecule has 25 heavy (non-hydrogen) atoms. The molecule has 2 saturated heterocycles. The zero-order valence-electron chi connectivity index (χ0n) is 14.3. The van der Waals surface area contributed by atoms with Gasteiger partial charge in [-0.1, -0.05) is 5.16 Å². The summed E-state index contributed by atoms with van der Waals surface area (Å²) in [6.07, 6.45) is 9.91. The Labute approximate surface area is 147 Å². The van der Waals surface area contributed by atoms with Crippen molar-refractivity contribution in [3.63, 3.8) is 0 Å². The Balaban J connectivity index is 1.23. The molecule has 4 heterocycles. The molecule has 0 saturated carbocycles. The summed E-state index contributed by atoms with van der Waals surface area (Å²) in [6.45, 7) is 4.58. The fourth-order valence-corrected chi connectivity index (χ4v) is 3.50. The third-order valence-electron chi connectivity index (χ3n) is 4.95. The van der Waals surface area contributed by atoms with Gasteiger partial charge in [0.2, 0.25) is 12.3 Å². The highest BCUT2D eigenvalue weighted by atomic mass is 16.5. The van der Waals surface area contributed by atoms with Gasteiger partial charge in [-0.05, 0) is 38.8 Å². The van der Waals surface area contributed by atoms with E-state index >= 15 is 0 Å². The molecule has 2 aliphatic rings. The molecular weight excluding hydrogens is 320 g/mol. The molecule has 2 aromatic rings. The van der Waals surface area contributed by atoms with Crippen molar-refractivity contribution in [3.05, 3.63) is 30.2 Å². The number of aromatic nitrogens is 4. The van der Waals surface area contributed by atoms with Crippen molar-refractivity contribution in [2.45, 2.75) is 44.2 Å². The van der Waals surface area contributed by atoms with Gasteiger partial charge >= 0.3 is 0 Å². The number of hydrogen-bond donors (Lipinski definition) is 1. The lowest BCUT2D eigenvalue weighted by atomic mass is 9.96. The van der Waals surface area contributed by atoms with Crippen LogP contribution in [0.15, 0.2) is 23.3 Å². The van der Waals surface area contributed by atoms with Crippen molar-refractivity contribution in [1.82, 2.24) is 25.0 Å². The maximum Gasteiger partial charge on any atom is 0.222 e. The summed E-state index contributed by atoms with van der Waals surface area (Å²) in [5.41, 5.74) is 1.14. The average Bonchev–Trinajstić information content (AvgIpc) is 3.36. The molecule has 2 aliphatic heterocycles. The van der Waals surface area contributed by atoms with Crippen molar-refractivity contribution in [1.29, 1.82) is 0 Å². The fourth-order valence-electron chi connectivity index (χ4n) is 3.50. The zero-order chi connectivity index (χ0) is 16.9. The first-order valence-electron chi connectivity index (χ1n) is 9.02.